The number of rotatable bonds is 4. The zero-order valence-corrected chi connectivity index (χ0v) is 19.9. The average molecular weight is 461 g/mol. The summed E-state index contributed by atoms with van der Waals surface area (Å²) in [6, 6.07) is 0. The first-order chi connectivity index (χ1) is 15.3. The maximum Gasteiger partial charge on any atom is 0.309 e. The lowest BCUT2D eigenvalue weighted by atomic mass is 9.45. The molecule has 7 heteroatoms. The second-order valence-corrected chi connectivity index (χ2v) is 11.1. The Bertz CT molecular complexity index is 997. The first-order valence-electron chi connectivity index (χ1n) is 11.8. The van der Waals surface area contributed by atoms with Gasteiger partial charge in [0, 0.05) is 29.1 Å². The van der Waals surface area contributed by atoms with Gasteiger partial charge in [-0.05, 0) is 44.3 Å². The van der Waals surface area contributed by atoms with Gasteiger partial charge in [-0.25, -0.2) is 4.39 Å². The molecule has 0 radical (unpaired) electrons. The Kier molecular flexibility index (Phi) is 5.40. The van der Waals surface area contributed by atoms with Crippen molar-refractivity contribution in [2.24, 2.45) is 34.5 Å². The zero-order chi connectivity index (χ0) is 24.6. The molecular weight excluding hydrogens is 427 g/mol. The first-order valence-corrected chi connectivity index (χ1v) is 11.8. The predicted octanol–water partition coefficient (Wildman–Crippen LogP) is 3.31. The summed E-state index contributed by atoms with van der Waals surface area (Å²) in [4.78, 5) is 51.7. The van der Waals surface area contributed by atoms with E-state index in [2.05, 4.69) is 0 Å². The molecule has 33 heavy (non-hydrogen) atoms. The molecule has 0 aromatic heterocycles. The Morgan fingerprint density at radius 1 is 1.24 bits per heavy atom. The topological polar surface area (TPSA) is 97.7 Å². The highest BCUT2D eigenvalue weighted by molar-refractivity contribution is 6.03. The van der Waals surface area contributed by atoms with Gasteiger partial charge >= 0.3 is 5.97 Å². The Labute approximate surface area is 193 Å². The van der Waals surface area contributed by atoms with Gasteiger partial charge in [0.05, 0.1) is 5.92 Å². The van der Waals surface area contributed by atoms with Crippen LogP contribution in [0.4, 0.5) is 4.39 Å². The number of aliphatic hydroxyl groups is 1. The number of halogens is 1. The average Bonchev–Trinajstić information content (AvgIpc) is 2.96. The van der Waals surface area contributed by atoms with Gasteiger partial charge in [0.25, 0.3) is 0 Å². The molecule has 0 bridgehead atoms. The molecule has 4 rings (SSSR count). The minimum absolute atomic E-state index is 0.208. The third-order valence-corrected chi connectivity index (χ3v) is 9.23. The molecule has 1 N–H and O–H groups in total. The van der Waals surface area contributed by atoms with E-state index in [9.17, 15) is 24.3 Å². The summed E-state index contributed by atoms with van der Waals surface area (Å²) in [6.07, 6.45) is 5.26. The highest BCUT2D eigenvalue weighted by atomic mass is 19.1. The number of allylic oxidation sites excluding steroid dienone is 4. The van der Waals surface area contributed by atoms with Crippen molar-refractivity contribution in [2.45, 2.75) is 71.6 Å². The van der Waals surface area contributed by atoms with E-state index < -0.39 is 69.9 Å². The minimum Gasteiger partial charge on any atom is -0.450 e. The molecule has 3 fully saturated rings. The van der Waals surface area contributed by atoms with Gasteiger partial charge in [0.1, 0.15) is 6.61 Å². The third kappa shape index (κ3) is 2.81. The zero-order valence-electron chi connectivity index (χ0n) is 19.9. The van der Waals surface area contributed by atoms with E-state index in [-0.39, 0.29) is 12.2 Å². The SMILES string of the molecule is CC(C)C(=O)O[C@]1(C(=O)CO)[C@@H](C)C[C@H]2C3CCC4=CC(=O)C=C[C@]4(C)[C@@]3(F)C(=O)C[C@@]21C. The Hall–Kier alpha value is -2.15. The highest BCUT2D eigenvalue weighted by Gasteiger charge is 2.77. The summed E-state index contributed by atoms with van der Waals surface area (Å²) in [5.41, 5.74) is -5.66. The lowest BCUT2D eigenvalue weighted by molar-refractivity contribution is -0.205. The van der Waals surface area contributed by atoms with Crippen molar-refractivity contribution in [1.82, 2.24) is 0 Å². The van der Waals surface area contributed by atoms with Crippen molar-refractivity contribution in [3.05, 3.63) is 23.8 Å². The third-order valence-electron chi connectivity index (χ3n) is 9.23. The Morgan fingerprint density at radius 3 is 2.52 bits per heavy atom. The summed E-state index contributed by atoms with van der Waals surface area (Å²) in [5, 5.41) is 9.86. The summed E-state index contributed by atoms with van der Waals surface area (Å²) < 4.78 is 23.0. The number of ether oxygens (including phenoxy) is 1. The van der Waals surface area contributed by atoms with Gasteiger partial charge in [-0.2, -0.15) is 0 Å². The second-order valence-electron chi connectivity index (χ2n) is 11.1. The molecule has 0 amide bonds. The molecule has 4 aliphatic rings. The number of ketones is 3. The first kappa shape index (κ1) is 24.0. The van der Waals surface area contributed by atoms with Crippen LogP contribution in [-0.4, -0.2) is 46.3 Å². The van der Waals surface area contributed by atoms with Crippen molar-refractivity contribution < 1.29 is 33.4 Å². The second kappa shape index (κ2) is 7.42. The Balaban J connectivity index is 1.86. The van der Waals surface area contributed by atoms with Crippen LogP contribution in [0.25, 0.3) is 0 Å². The molecule has 0 aromatic rings. The van der Waals surface area contributed by atoms with Crippen LogP contribution in [0, 0.1) is 34.5 Å². The molecule has 0 saturated heterocycles. The number of carbonyl (C=O) groups excluding carboxylic acids is 4. The van der Waals surface area contributed by atoms with Crippen molar-refractivity contribution in [1.29, 1.82) is 0 Å². The fraction of sp³-hybridized carbons (Fsp3) is 0.692. The monoisotopic (exact) mass is 460 g/mol. The maximum absolute atomic E-state index is 17.1. The Morgan fingerprint density at radius 2 is 1.91 bits per heavy atom. The molecule has 0 heterocycles. The smallest absolute Gasteiger partial charge is 0.309 e. The number of hydrogen-bond donors (Lipinski definition) is 1. The predicted molar refractivity (Wildman–Crippen MR) is 118 cm³/mol. The molecule has 180 valence electrons. The molecule has 0 spiro atoms. The van der Waals surface area contributed by atoms with Gasteiger partial charge in [-0.15, -0.1) is 0 Å². The number of aliphatic hydroxyl groups excluding tert-OH is 1. The van der Waals surface area contributed by atoms with Crippen LogP contribution in [0.1, 0.15) is 60.3 Å². The van der Waals surface area contributed by atoms with Gasteiger partial charge in [0.2, 0.25) is 5.78 Å². The number of hydrogen-bond acceptors (Lipinski definition) is 6. The summed E-state index contributed by atoms with van der Waals surface area (Å²) in [5.74, 6) is -4.16. The highest BCUT2D eigenvalue weighted by Crippen LogP contribution is 2.70. The molecule has 1 unspecified atom stereocenters. The van der Waals surface area contributed by atoms with Crippen LogP contribution < -0.4 is 0 Å². The van der Waals surface area contributed by atoms with Crippen molar-refractivity contribution in [2.75, 3.05) is 6.61 Å². The molecule has 6 nitrogen and oxygen atoms in total. The van der Waals surface area contributed by atoms with Gasteiger partial charge in [-0.1, -0.05) is 39.3 Å². The van der Waals surface area contributed by atoms with E-state index in [1.807, 2.05) is 0 Å². The maximum atomic E-state index is 17.1. The summed E-state index contributed by atoms with van der Waals surface area (Å²) >= 11 is 0. The molecule has 4 aliphatic carbocycles. The largest absolute Gasteiger partial charge is 0.450 e. The molecule has 7 atom stereocenters. The fourth-order valence-electron chi connectivity index (χ4n) is 7.52. The normalized spacial score (nSPS) is 44.1. The van der Waals surface area contributed by atoms with Gasteiger partial charge in [0.15, 0.2) is 22.8 Å². The number of Topliss-reactive ketones (excluding diaryl/α,β-unsaturated/α-hetero) is 2. The van der Waals surface area contributed by atoms with E-state index in [1.54, 1.807) is 34.6 Å². The molecule has 0 aromatic carbocycles. The van der Waals surface area contributed by atoms with E-state index >= 15 is 4.39 Å². The minimum atomic E-state index is -2.22. The van der Waals surface area contributed by atoms with Crippen LogP contribution in [0.2, 0.25) is 0 Å². The number of fused-ring (bicyclic) bond motifs is 5. The van der Waals surface area contributed by atoms with Crippen molar-refractivity contribution >= 4 is 23.3 Å². The number of carbonyl (C=O) groups is 4. The van der Waals surface area contributed by atoms with Crippen LogP contribution in [0.5, 0.6) is 0 Å². The van der Waals surface area contributed by atoms with E-state index in [4.69, 9.17) is 4.74 Å². The number of alkyl halides is 1. The lowest BCUT2D eigenvalue weighted by Gasteiger charge is -2.59. The lowest BCUT2D eigenvalue weighted by Crippen LogP contribution is -2.68. The van der Waals surface area contributed by atoms with Gasteiger partial charge < -0.3 is 9.84 Å². The number of esters is 1. The van der Waals surface area contributed by atoms with Crippen LogP contribution in [-0.2, 0) is 23.9 Å². The van der Waals surface area contributed by atoms with E-state index in [0.29, 0.717) is 24.8 Å². The fourth-order valence-corrected chi connectivity index (χ4v) is 7.52. The van der Waals surface area contributed by atoms with Crippen molar-refractivity contribution in [3.63, 3.8) is 0 Å². The molecule has 3 saturated carbocycles. The molecular formula is C26H33FO6. The van der Waals surface area contributed by atoms with Crippen LogP contribution >= 0.6 is 0 Å². The van der Waals surface area contributed by atoms with E-state index in [1.165, 1.54) is 18.2 Å². The van der Waals surface area contributed by atoms with Crippen molar-refractivity contribution in [3.8, 4) is 0 Å². The van der Waals surface area contributed by atoms with E-state index in [0.717, 1.165) is 0 Å². The summed E-state index contributed by atoms with van der Waals surface area (Å²) in [7, 11) is 0. The molecule has 0 aliphatic heterocycles. The standard InChI is InChI=1S/C26H33FO6/c1-14(2)22(32)33-26(21(31)13-28)15(3)10-19-18-7-6-16-11-17(29)8-9-23(16,4)25(18,27)20(30)12-24(19,26)5/h8-9,11,14-15,18-19,28H,6-7,10,12-13H2,1-5H3/t15-,18?,19-,23-,24-,25-,26-/m0/s1. The van der Waals surface area contributed by atoms with Crippen LogP contribution in [0.3, 0.4) is 0 Å². The van der Waals surface area contributed by atoms with Gasteiger partial charge in [-0.3, -0.25) is 19.2 Å². The quantitative estimate of drug-likeness (QED) is 0.647. The summed E-state index contributed by atoms with van der Waals surface area (Å²) in [6.45, 7) is 7.69. The van der Waals surface area contributed by atoms with Crippen LogP contribution in [0.15, 0.2) is 23.8 Å².